The van der Waals surface area contributed by atoms with Gasteiger partial charge in [-0.15, -0.1) is 6.58 Å². The van der Waals surface area contributed by atoms with Crippen molar-refractivity contribution in [2.75, 3.05) is 20.8 Å². The van der Waals surface area contributed by atoms with Crippen LogP contribution < -0.4 is 4.43 Å². The molecule has 0 heterocycles. The number of benzene rings is 1. The fourth-order valence-corrected chi connectivity index (χ4v) is 4.05. The van der Waals surface area contributed by atoms with Crippen molar-refractivity contribution in [1.82, 2.24) is 0 Å². The number of allylic oxidation sites excluding steroid dienone is 1. The zero-order chi connectivity index (χ0) is 18.0. The van der Waals surface area contributed by atoms with E-state index < -0.39 is 14.8 Å². The molecule has 24 heavy (non-hydrogen) atoms. The minimum atomic E-state index is -2.89. The molecule has 0 amide bonds. The first-order valence-corrected chi connectivity index (χ1v) is 9.72. The fourth-order valence-electron chi connectivity index (χ4n) is 2.09. The van der Waals surface area contributed by atoms with Gasteiger partial charge in [0.05, 0.1) is 6.61 Å². The van der Waals surface area contributed by atoms with Crippen LogP contribution in [0.3, 0.4) is 0 Å². The van der Waals surface area contributed by atoms with Gasteiger partial charge in [-0.05, 0) is 31.4 Å². The van der Waals surface area contributed by atoms with Crippen LogP contribution in [0.15, 0.2) is 49.1 Å². The van der Waals surface area contributed by atoms with E-state index >= 15 is 0 Å². The van der Waals surface area contributed by atoms with E-state index in [-0.39, 0.29) is 6.61 Å². The highest BCUT2D eigenvalue weighted by Crippen LogP contribution is 2.25. The van der Waals surface area contributed by atoms with Crippen LogP contribution >= 0.6 is 0 Å². The van der Waals surface area contributed by atoms with Gasteiger partial charge in [-0.3, -0.25) is 0 Å². The quantitative estimate of drug-likeness (QED) is 0.201. The van der Waals surface area contributed by atoms with Crippen LogP contribution in [0.5, 0.6) is 5.75 Å². The van der Waals surface area contributed by atoms with Gasteiger partial charge in [-0.1, -0.05) is 30.9 Å². The highest BCUT2D eigenvalue weighted by atomic mass is 28.4. The summed E-state index contributed by atoms with van der Waals surface area (Å²) in [6.45, 7) is 9.20. The van der Waals surface area contributed by atoms with Gasteiger partial charge >= 0.3 is 14.8 Å². The number of hydrogen-bond donors (Lipinski definition) is 0. The standard InChI is InChI=1S/C18H26O5Si/c1-6-10-16-11-7-8-12-17(16)23-24(20-4,21-5)14-9-13-22-18(19)15(2)3/h6-8,11-12H,1-2,9-10,13-14H2,3-5H3. The monoisotopic (exact) mass is 350 g/mol. The molecule has 0 aliphatic rings. The smallest absolute Gasteiger partial charge is 0.500 e. The number of para-hydroxylation sites is 1. The maximum Gasteiger partial charge on any atom is 0.565 e. The lowest BCUT2D eigenvalue weighted by Gasteiger charge is -2.28. The van der Waals surface area contributed by atoms with Crippen molar-refractivity contribution in [3.8, 4) is 5.75 Å². The normalized spacial score (nSPS) is 11.0. The first-order valence-electron chi connectivity index (χ1n) is 7.78. The van der Waals surface area contributed by atoms with Crippen molar-refractivity contribution in [2.45, 2.75) is 25.8 Å². The molecule has 6 heteroatoms. The van der Waals surface area contributed by atoms with Gasteiger partial charge in [0.2, 0.25) is 0 Å². The highest BCUT2D eigenvalue weighted by Gasteiger charge is 2.41. The topological polar surface area (TPSA) is 54.0 Å². The van der Waals surface area contributed by atoms with Crippen LogP contribution in [0.1, 0.15) is 18.9 Å². The second kappa shape index (κ2) is 10.1. The van der Waals surface area contributed by atoms with E-state index in [9.17, 15) is 4.79 Å². The molecule has 0 fully saturated rings. The first-order chi connectivity index (χ1) is 11.5. The molecule has 1 rings (SSSR count). The molecule has 0 bridgehead atoms. The second-order valence-electron chi connectivity index (χ2n) is 5.31. The van der Waals surface area contributed by atoms with Crippen LogP contribution in [0.2, 0.25) is 6.04 Å². The lowest BCUT2D eigenvalue weighted by Crippen LogP contribution is -2.47. The maximum absolute atomic E-state index is 11.4. The van der Waals surface area contributed by atoms with Gasteiger partial charge in [0.15, 0.2) is 0 Å². The largest absolute Gasteiger partial charge is 0.565 e. The highest BCUT2D eigenvalue weighted by molar-refractivity contribution is 6.61. The molecular formula is C18H26O5Si. The van der Waals surface area contributed by atoms with Crippen molar-refractivity contribution in [3.05, 3.63) is 54.6 Å². The van der Waals surface area contributed by atoms with Crippen molar-refractivity contribution >= 4 is 14.8 Å². The molecule has 1 aromatic rings. The average Bonchev–Trinajstić information content (AvgIpc) is 2.59. The number of rotatable bonds is 11. The van der Waals surface area contributed by atoms with Crippen molar-refractivity contribution in [1.29, 1.82) is 0 Å². The zero-order valence-corrected chi connectivity index (χ0v) is 15.7. The van der Waals surface area contributed by atoms with Crippen molar-refractivity contribution in [3.63, 3.8) is 0 Å². The molecule has 0 radical (unpaired) electrons. The van der Waals surface area contributed by atoms with Crippen LogP contribution in [-0.4, -0.2) is 35.6 Å². The van der Waals surface area contributed by atoms with Crippen LogP contribution in [0, 0.1) is 0 Å². The van der Waals surface area contributed by atoms with Crippen molar-refractivity contribution < 1.29 is 22.8 Å². The van der Waals surface area contributed by atoms with Gasteiger partial charge in [-0.2, -0.15) is 0 Å². The molecule has 1 aromatic carbocycles. The Morgan fingerprint density at radius 3 is 2.50 bits per heavy atom. The van der Waals surface area contributed by atoms with E-state index in [1.807, 2.05) is 30.3 Å². The summed E-state index contributed by atoms with van der Waals surface area (Å²) in [6.07, 6.45) is 3.10. The van der Waals surface area contributed by atoms with E-state index in [0.717, 1.165) is 11.3 Å². The van der Waals surface area contributed by atoms with Gasteiger partial charge in [0.1, 0.15) is 5.75 Å². The van der Waals surface area contributed by atoms with E-state index in [0.29, 0.717) is 24.5 Å². The van der Waals surface area contributed by atoms with E-state index in [4.69, 9.17) is 18.0 Å². The fraction of sp³-hybridized carbons (Fsp3) is 0.389. The number of esters is 1. The third kappa shape index (κ3) is 5.96. The molecule has 0 aliphatic carbocycles. The van der Waals surface area contributed by atoms with Gasteiger partial charge in [-0.25, -0.2) is 4.79 Å². The molecule has 0 saturated carbocycles. The molecule has 0 aliphatic heterocycles. The van der Waals surface area contributed by atoms with E-state index in [1.54, 1.807) is 21.1 Å². The second-order valence-corrected chi connectivity index (χ2v) is 8.20. The van der Waals surface area contributed by atoms with Crippen LogP contribution in [0.25, 0.3) is 0 Å². The Kier molecular flexibility index (Phi) is 8.46. The molecule has 5 nitrogen and oxygen atoms in total. The van der Waals surface area contributed by atoms with E-state index in [2.05, 4.69) is 13.2 Å². The lowest BCUT2D eigenvalue weighted by molar-refractivity contribution is -0.139. The SMILES string of the molecule is C=CCc1ccccc1O[Si](CCCOC(=O)C(=C)C)(OC)OC. The number of ether oxygens (including phenoxy) is 1. The Morgan fingerprint density at radius 2 is 1.92 bits per heavy atom. The molecule has 0 aromatic heterocycles. The molecule has 0 atom stereocenters. The van der Waals surface area contributed by atoms with Crippen molar-refractivity contribution in [2.24, 2.45) is 0 Å². The van der Waals surface area contributed by atoms with Gasteiger partial charge in [0.25, 0.3) is 0 Å². The number of hydrogen-bond acceptors (Lipinski definition) is 5. The van der Waals surface area contributed by atoms with E-state index in [1.165, 1.54) is 0 Å². The summed E-state index contributed by atoms with van der Waals surface area (Å²) in [5.74, 6) is 0.334. The summed E-state index contributed by atoms with van der Waals surface area (Å²) in [5.41, 5.74) is 1.40. The molecule has 0 spiro atoms. The third-order valence-corrected chi connectivity index (χ3v) is 6.17. The Labute approximate surface area is 145 Å². The Hall–Kier alpha value is -1.89. The Morgan fingerprint density at radius 1 is 1.25 bits per heavy atom. The maximum atomic E-state index is 11.4. The molecular weight excluding hydrogens is 324 g/mol. The third-order valence-electron chi connectivity index (χ3n) is 3.43. The molecule has 132 valence electrons. The minimum absolute atomic E-state index is 0.269. The van der Waals surface area contributed by atoms with Crippen LogP contribution in [-0.2, 0) is 24.8 Å². The average molecular weight is 350 g/mol. The molecule has 0 unspecified atom stereocenters. The number of carbonyl (C=O) groups excluding carboxylic acids is 1. The zero-order valence-electron chi connectivity index (χ0n) is 14.7. The summed E-state index contributed by atoms with van der Waals surface area (Å²) in [4.78, 5) is 11.4. The predicted octanol–water partition coefficient (Wildman–Crippen LogP) is 3.54. The summed E-state index contributed by atoms with van der Waals surface area (Å²) in [5, 5.41) is 0. The van der Waals surface area contributed by atoms with Gasteiger partial charge in [0, 0.05) is 25.8 Å². The molecule has 0 N–H and O–H groups in total. The Balaban J connectivity index is 2.72. The lowest BCUT2D eigenvalue weighted by atomic mass is 10.1. The van der Waals surface area contributed by atoms with Gasteiger partial charge < -0.3 is 18.0 Å². The first kappa shape index (κ1) is 20.2. The minimum Gasteiger partial charge on any atom is -0.500 e. The molecule has 0 saturated heterocycles. The summed E-state index contributed by atoms with van der Waals surface area (Å²) >= 11 is 0. The van der Waals surface area contributed by atoms with Crippen LogP contribution in [0.4, 0.5) is 0 Å². The summed E-state index contributed by atoms with van der Waals surface area (Å²) < 4.78 is 22.4. The number of carbonyl (C=O) groups is 1. The summed E-state index contributed by atoms with van der Waals surface area (Å²) in [7, 11) is 0.258. The predicted molar refractivity (Wildman–Crippen MR) is 95.9 cm³/mol. The summed E-state index contributed by atoms with van der Waals surface area (Å²) in [6, 6.07) is 8.26. The Bertz CT molecular complexity index is 566.